The van der Waals surface area contributed by atoms with Crippen LogP contribution in [-0.4, -0.2) is 20.9 Å². The Kier molecular flexibility index (Phi) is 5.13. The summed E-state index contributed by atoms with van der Waals surface area (Å²) >= 11 is 0.995. The molecule has 0 aliphatic heterocycles. The molecule has 0 aliphatic rings. The van der Waals surface area contributed by atoms with Crippen LogP contribution in [0.5, 0.6) is 0 Å². The zero-order valence-corrected chi connectivity index (χ0v) is 15.8. The second kappa shape index (κ2) is 7.88. The number of aromatic nitrogens is 3. The first-order chi connectivity index (χ1) is 14.0. The number of hydrogen-bond donors (Lipinski definition) is 2. The normalized spacial score (nSPS) is 11.1. The number of halogens is 2. The first kappa shape index (κ1) is 18.9. The van der Waals surface area contributed by atoms with Crippen molar-refractivity contribution < 1.29 is 13.6 Å². The Morgan fingerprint density at radius 1 is 1.17 bits per heavy atom. The van der Waals surface area contributed by atoms with Gasteiger partial charge in [-0.1, -0.05) is 6.07 Å². The standard InChI is InChI=1S/C20H15F2N5OS/c21-18(22)13-8-14(12-3-6-24-7-4-12)27-20-15(13)16(23)17(29-20)19(28)26-10-11-2-1-5-25-9-11/h1-9,18H,10,23H2,(H,26,28). The molecule has 3 N–H and O–H groups in total. The number of hydrogen-bond acceptors (Lipinski definition) is 6. The lowest BCUT2D eigenvalue weighted by molar-refractivity contribution is 0.0955. The van der Waals surface area contributed by atoms with Crippen molar-refractivity contribution >= 4 is 33.1 Å². The first-order valence-corrected chi connectivity index (χ1v) is 9.45. The van der Waals surface area contributed by atoms with Gasteiger partial charge in [0.05, 0.1) is 11.4 Å². The monoisotopic (exact) mass is 411 g/mol. The molecule has 0 fully saturated rings. The summed E-state index contributed by atoms with van der Waals surface area (Å²) in [6.45, 7) is 0.248. The van der Waals surface area contributed by atoms with Crippen LogP contribution in [0.2, 0.25) is 0 Å². The number of rotatable bonds is 5. The molecule has 29 heavy (non-hydrogen) atoms. The molecule has 0 saturated heterocycles. The second-order valence-corrected chi connectivity index (χ2v) is 7.20. The molecule has 4 rings (SSSR count). The van der Waals surface area contributed by atoms with Crippen molar-refractivity contribution in [2.75, 3.05) is 5.73 Å². The summed E-state index contributed by atoms with van der Waals surface area (Å²) < 4.78 is 27.5. The fraction of sp³-hybridized carbons (Fsp3) is 0.100. The SMILES string of the molecule is Nc1c(C(=O)NCc2cccnc2)sc2nc(-c3ccncc3)cc(C(F)F)c12. The van der Waals surface area contributed by atoms with Crippen molar-refractivity contribution in [3.8, 4) is 11.3 Å². The predicted molar refractivity (Wildman–Crippen MR) is 108 cm³/mol. The van der Waals surface area contributed by atoms with E-state index in [1.165, 1.54) is 6.07 Å². The van der Waals surface area contributed by atoms with Crippen LogP contribution in [0.4, 0.5) is 14.5 Å². The number of amides is 1. The highest BCUT2D eigenvalue weighted by molar-refractivity contribution is 7.21. The van der Waals surface area contributed by atoms with Crippen LogP contribution in [-0.2, 0) is 6.54 Å². The summed E-state index contributed by atoms with van der Waals surface area (Å²) in [5.41, 5.74) is 7.69. The summed E-state index contributed by atoms with van der Waals surface area (Å²) in [6, 6.07) is 8.25. The molecule has 0 aromatic carbocycles. The molecule has 0 spiro atoms. The van der Waals surface area contributed by atoms with E-state index in [2.05, 4.69) is 20.3 Å². The van der Waals surface area contributed by atoms with E-state index in [4.69, 9.17) is 5.73 Å². The van der Waals surface area contributed by atoms with Crippen LogP contribution in [0.25, 0.3) is 21.5 Å². The van der Waals surface area contributed by atoms with E-state index >= 15 is 0 Å². The van der Waals surface area contributed by atoms with E-state index in [1.54, 1.807) is 43.0 Å². The van der Waals surface area contributed by atoms with Gasteiger partial charge in [0, 0.05) is 47.8 Å². The van der Waals surface area contributed by atoms with E-state index in [0.29, 0.717) is 16.1 Å². The topological polar surface area (TPSA) is 93.8 Å². The van der Waals surface area contributed by atoms with E-state index < -0.39 is 12.3 Å². The first-order valence-electron chi connectivity index (χ1n) is 8.63. The van der Waals surface area contributed by atoms with Crippen LogP contribution >= 0.6 is 11.3 Å². The summed E-state index contributed by atoms with van der Waals surface area (Å²) in [4.78, 5) is 25.4. The molecule has 6 nitrogen and oxygen atoms in total. The number of nitrogen functional groups attached to an aromatic ring is 1. The number of anilines is 1. The minimum absolute atomic E-state index is 0.0118. The van der Waals surface area contributed by atoms with Crippen molar-refractivity contribution in [2.45, 2.75) is 13.0 Å². The smallest absolute Gasteiger partial charge is 0.264 e. The van der Waals surface area contributed by atoms with Gasteiger partial charge in [-0.3, -0.25) is 14.8 Å². The molecule has 4 heterocycles. The molecule has 0 radical (unpaired) electrons. The zero-order chi connectivity index (χ0) is 20.4. The molecule has 0 aliphatic carbocycles. The van der Waals surface area contributed by atoms with Crippen molar-refractivity contribution in [1.29, 1.82) is 0 Å². The Hall–Kier alpha value is -3.46. The van der Waals surface area contributed by atoms with Crippen molar-refractivity contribution in [3.05, 3.63) is 71.1 Å². The molecule has 0 atom stereocenters. The average Bonchev–Trinajstić information content (AvgIpc) is 3.09. The highest BCUT2D eigenvalue weighted by Gasteiger charge is 2.24. The van der Waals surface area contributed by atoms with Crippen LogP contribution in [0.15, 0.2) is 55.1 Å². The number of fused-ring (bicyclic) bond motifs is 1. The molecule has 4 aromatic rings. The zero-order valence-electron chi connectivity index (χ0n) is 15.0. The highest BCUT2D eigenvalue weighted by atomic mass is 32.1. The van der Waals surface area contributed by atoms with Gasteiger partial charge in [-0.15, -0.1) is 11.3 Å². The molecule has 146 valence electrons. The van der Waals surface area contributed by atoms with E-state index in [9.17, 15) is 13.6 Å². The van der Waals surface area contributed by atoms with Gasteiger partial charge in [-0.2, -0.15) is 0 Å². The van der Waals surface area contributed by atoms with Gasteiger partial charge >= 0.3 is 0 Å². The van der Waals surface area contributed by atoms with Crippen LogP contribution < -0.4 is 11.1 Å². The maximum absolute atomic E-state index is 13.8. The summed E-state index contributed by atoms with van der Waals surface area (Å²) in [6.07, 6.45) is 3.62. The summed E-state index contributed by atoms with van der Waals surface area (Å²) in [5, 5.41) is 2.86. The van der Waals surface area contributed by atoms with Gasteiger partial charge in [-0.25, -0.2) is 13.8 Å². The Morgan fingerprint density at radius 3 is 2.66 bits per heavy atom. The number of nitrogens with one attached hydrogen (secondary N) is 1. The van der Waals surface area contributed by atoms with Gasteiger partial charge in [0.1, 0.15) is 9.71 Å². The number of carbonyl (C=O) groups is 1. The molecule has 0 unspecified atom stereocenters. The minimum atomic E-state index is -2.76. The Balaban J connectivity index is 1.73. The summed E-state index contributed by atoms with van der Waals surface area (Å²) in [5.74, 6) is -0.444. The molecule has 0 bridgehead atoms. The van der Waals surface area contributed by atoms with Gasteiger partial charge in [0.25, 0.3) is 12.3 Å². The fourth-order valence-corrected chi connectivity index (χ4v) is 3.97. The van der Waals surface area contributed by atoms with E-state index in [1.807, 2.05) is 6.07 Å². The molecule has 4 aromatic heterocycles. The van der Waals surface area contributed by atoms with Gasteiger partial charge < -0.3 is 11.1 Å². The molecule has 9 heteroatoms. The van der Waals surface area contributed by atoms with Gasteiger partial charge in [-0.05, 0) is 29.8 Å². The number of nitrogens with zero attached hydrogens (tertiary/aromatic N) is 3. The Labute approximate surface area is 168 Å². The molecular formula is C20H15F2N5OS. The lowest BCUT2D eigenvalue weighted by Crippen LogP contribution is -2.22. The maximum Gasteiger partial charge on any atom is 0.264 e. The quantitative estimate of drug-likeness (QED) is 0.513. The number of alkyl halides is 2. The maximum atomic E-state index is 13.8. The van der Waals surface area contributed by atoms with Gasteiger partial charge in [0.15, 0.2) is 0 Å². The molecular weight excluding hydrogens is 396 g/mol. The van der Waals surface area contributed by atoms with E-state index in [-0.39, 0.29) is 28.1 Å². The lowest BCUT2D eigenvalue weighted by atomic mass is 10.1. The molecule has 1 amide bonds. The number of pyridine rings is 3. The number of nitrogens with two attached hydrogens (primary N) is 1. The fourth-order valence-electron chi connectivity index (χ4n) is 2.93. The third kappa shape index (κ3) is 3.77. The van der Waals surface area contributed by atoms with Crippen molar-refractivity contribution in [2.24, 2.45) is 0 Å². The average molecular weight is 411 g/mol. The largest absolute Gasteiger partial charge is 0.397 e. The van der Waals surface area contributed by atoms with Crippen molar-refractivity contribution in [1.82, 2.24) is 20.3 Å². The van der Waals surface area contributed by atoms with Crippen LogP contribution in [0.1, 0.15) is 27.2 Å². The third-order valence-corrected chi connectivity index (χ3v) is 5.42. The Bertz CT molecular complexity index is 1170. The highest BCUT2D eigenvalue weighted by Crippen LogP contribution is 2.40. The van der Waals surface area contributed by atoms with Crippen molar-refractivity contribution in [3.63, 3.8) is 0 Å². The minimum Gasteiger partial charge on any atom is -0.397 e. The third-order valence-electron chi connectivity index (χ3n) is 4.32. The molecule has 0 saturated carbocycles. The van der Waals surface area contributed by atoms with Crippen LogP contribution in [0, 0.1) is 0 Å². The number of thiophene rings is 1. The predicted octanol–water partition coefficient (Wildman–Crippen LogP) is 4.20. The number of carbonyl (C=O) groups excluding carboxylic acids is 1. The van der Waals surface area contributed by atoms with E-state index in [0.717, 1.165) is 16.9 Å². The van der Waals surface area contributed by atoms with Gasteiger partial charge in [0.2, 0.25) is 0 Å². The summed E-state index contributed by atoms with van der Waals surface area (Å²) in [7, 11) is 0. The van der Waals surface area contributed by atoms with Crippen LogP contribution in [0.3, 0.4) is 0 Å². The second-order valence-electron chi connectivity index (χ2n) is 6.20. The lowest BCUT2D eigenvalue weighted by Gasteiger charge is -2.07. The Morgan fingerprint density at radius 2 is 1.97 bits per heavy atom.